The summed E-state index contributed by atoms with van der Waals surface area (Å²) in [5, 5.41) is 9.03. The Balaban J connectivity index is 2.68. The van der Waals surface area contributed by atoms with Crippen LogP contribution in [0.4, 0.5) is 0 Å². The van der Waals surface area contributed by atoms with Crippen LogP contribution in [0.1, 0.15) is 25.5 Å². The lowest BCUT2D eigenvalue weighted by atomic mass is 10.1. The third-order valence-electron chi connectivity index (χ3n) is 2.37. The quantitative estimate of drug-likeness (QED) is 0.698. The van der Waals surface area contributed by atoms with Crippen LogP contribution >= 0.6 is 0 Å². The van der Waals surface area contributed by atoms with Gasteiger partial charge in [0.05, 0.1) is 12.0 Å². The maximum absolute atomic E-state index is 11.0. The minimum absolute atomic E-state index is 0.353. The molecule has 0 saturated heterocycles. The van der Waals surface area contributed by atoms with Gasteiger partial charge in [0, 0.05) is 24.7 Å². The molecule has 0 aliphatic heterocycles. The highest BCUT2D eigenvalue weighted by atomic mass is 16.4. The van der Waals surface area contributed by atoms with Crippen LogP contribution in [-0.2, 0) is 17.8 Å². The molecule has 5 heteroatoms. The molecule has 3 N–H and O–H groups in total. The molecule has 0 amide bonds. The summed E-state index contributed by atoms with van der Waals surface area (Å²) in [7, 11) is 0. The normalized spacial score (nSPS) is 11.8. The van der Waals surface area contributed by atoms with Crippen molar-refractivity contribution in [1.82, 2.24) is 9.55 Å². The zero-order valence-electron chi connectivity index (χ0n) is 10.1. The summed E-state index contributed by atoms with van der Waals surface area (Å²) in [6, 6.07) is 0. The van der Waals surface area contributed by atoms with Gasteiger partial charge in [-0.05, 0) is 19.4 Å². The molecule has 0 atom stereocenters. The summed E-state index contributed by atoms with van der Waals surface area (Å²) >= 11 is 0. The molecule has 1 aromatic rings. The van der Waals surface area contributed by atoms with Crippen LogP contribution in [0.3, 0.4) is 0 Å². The van der Waals surface area contributed by atoms with Crippen molar-refractivity contribution in [3.63, 3.8) is 0 Å². The van der Waals surface area contributed by atoms with Crippen molar-refractivity contribution in [2.45, 2.75) is 32.7 Å². The number of carboxylic acids is 1. The van der Waals surface area contributed by atoms with Gasteiger partial charge in [0.25, 0.3) is 0 Å². The highest BCUT2D eigenvalue weighted by molar-refractivity contribution is 5.86. The standard InChI is InChI=1S/C12H19N3O2/c1-2-6-15-8-11(14-9-15)7-10(12(16)17)4-3-5-13/h4,8-9H,2-3,5-7,13H2,1H3,(H,16,17)/b10-4+. The van der Waals surface area contributed by atoms with Crippen molar-refractivity contribution < 1.29 is 9.90 Å². The molecule has 0 aliphatic rings. The first-order valence-electron chi connectivity index (χ1n) is 5.80. The Kier molecular flexibility index (Phi) is 5.42. The fourth-order valence-corrected chi connectivity index (χ4v) is 1.57. The van der Waals surface area contributed by atoms with Crippen molar-refractivity contribution >= 4 is 5.97 Å². The maximum atomic E-state index is 11.0. The highest BCUT2D eigenvalue weighted by Crippen LogP contribution is 2.07. The number of hydrogen-bond donors (Lipinski definition) is 2. The molecule has 17 heavy (non-hydrogen) atoms. The first-order valence-corrected chi connectivity index (χ1v) is 5.80. The predicted molar refractivity (Wildman–Crippen MR) is 65.6 cm³/mol. The van der Waals surface area contributed by atoms with Gasteiger partial charge in [-0.1, -0.05) is 13.0 Å². The van der Waals surface area contributed by atoms with E-state index in [0.717, 1.165) is 18.7 Å². The molecular formula is C12H19N3O2. The zero-order chi connectivity index (χ0) is 12.7. The van der Waals surface area contributed by atoms with Gasteiger partial charge < -0.3 is 15.4 Å². The molecule has 1 aromatic heterocycles. The third-order valence-corrected chi connectivity index (χ3v) is 2.37. The lowest BCUT2D eigenvalue weighted by Gasteiger charge is -2.00. The zero-order valence-corrected chi connectivity index (χ0v) is 10.1. The first kappa shape index (κ1) is 13.4. The van der Waals surface area contributed by atoms with Crippen LogP contribution in [0.15, 0.2) is 24.2 Å². The van der Waals surface area contributed by atoms with Gasteiger partial charge in [0.15, 0.2) is 0 Å². The number of carboxylic acid groups (broad SMARTS) is 1. The number of carbonyl (C=O) groups is 1. The Labute approximate surface area is 101 Å². The molecule has 1 rings (SSSR count). The van der Waals surface area contributed by atoms with E-state index in [0.29, 0.717) is 25.0 Å². The summed E-state index contributed by atoms with van der Waals surface area (Å²) in [5.41, 5.74) is 6.50. The fraction of sp³-hybridized carbons (Fsp3) is 0.500. The molecular weight excluding hydrogens is 218 g/mol. The monoisotopic (exact) mass is 237 g/mol. The second-order valence-corrected chi connectivity index (χ2v) is 3.89. The Hall–Kier alpha value is -1.62. The van der Waals surface area contributed by atoms with Gasteiger partial charge in [0.1, 0.15) is 0 Å². The Morgan fingerprint density at radius 3 is 3.00 bits per heavy atom. The smallest absolute Gasteiger partial charge is 0.331 e. The lowest BCUT2D eigenvalue weighted by molar-refractivity contribution is -0.132. The minimum atomic E-state index is -0.900. The molecule has 0 aliphatic carbocycles. The highest BCUT2D eigenvalue weighted by Gasteiger charge is 2.09. The van der Waals surface area contributed by atoms with Crippen LogP contribution in [0.5, 0.6) is 0 Å². The van der Waals surface area contributed by atoms with Crippen LogP contribution in [-0.4, -0.2) is 27.2 Å². The van der Waals surface area contributed by atoms with Crippen LogP contribution in [0.2, 0.25) is 0 Å². The number of aryl methyl sites for hydroxylation is 1. The van der Waals surface area contributed by atoms with Crippen LogP contribution < -0.4 is 5.73 Å². The molecule has 0 radical (unpaired) electrons. The maximum Gasteiger partial charge on any atom is 0.331 e. The summed E-state index contributed by atoms with van der Waals surface area (Å²) in [6.45, 7) is 3.45. The van der Waals surface area contributed by atoms with E-state index in [1.807, 2.05) is 10.8 Å². The van der Waals surface area contributed by atoms with Gasteiger partial charge in [0.2, 0.25) is 0 Å². The van der Waals surface area contributed by atoms with Gasteiger partial charge in [-0.2, -0.15) is 0 Å². The largest absolute Gasteiger partial charge is 0.478 e. The van der Waals surface area contributed by atoms with Crippen molar-refractivity contribution in [3.05, 3.63) is 29.9 Å². The molecule has 0 bridgehead atoms. The third kappa shape index (κ3) is 4.40. The Morgan fingerprint density at radius 1 is 1.65 bits per heavy atom. The van der Waals surface area contributed by atoms with E-state index < -0.39 is 5.97 Å². The predicted octanol–water partition coefficient (Wildman–Crippen LogP) is 1.20. The average molecular weight is 237 g/mol. The molecule has 94 valence electrons. The van der Waals surface area contributed by atoms with E-state index in [9.17, 15) is 4.79 Å². The molecule has 5 nitrogen and oxygen atoms in total. The van der Waals surface area contributed by atoms with Gasteiger partial charge in [-0.3, -0.25) is 0 Å². The molecule has 0 unspecified atom stereocenters. The summed E-state index contributed by atoms with van der Waals surface area (Å²) in [6.07, 6.45) is 7.26. The van der Waals surface area contributed by atoms with E-state index in [1.54, 1.807) is 12.4 Å². The van der Waals surface area contributed by atoms with Crippen molar-refractivity contribution in [3.8, 4) is 0 Å². The Morgan fingerprint density at radius 2 is 2.41 bits per heavy atom. The number of nitrogens with zero attached hydrogens (tertiary/aromatic N) is 2. The van der Waals surface area contributed by atoms with E-state index in [4.69, 9.17) is 10.8 Å². The fourth-order valence-electron chi connectivity index (χ4n) is 1.57. The minimum Gasteiger partial charge on any atom is -0.478 e. The summed E-state index contributed by atoms with van der Waals surface area (Å²) in [4.78, 5) is 15.2. The van der Waals surface area contributed by atoms with E-state index in [2.05, 4.69) is 11.9 Å². The van der Waals surface area contributed by atoms with Crippen molar-refractivity contribution in [2.24, 2.45) is 5.73 Å². The van der Waals surface area contributed by atoms with Crippen molar-refractivity contribution in [1.29, 1.82) is 0 Å². The van der Waals surface area contributed by atoms with Gasteiger partial charge >= 0.3 is 5.97 Å². The molecule has 1 heterocycles. The molecule has 0 aromatic carbocycles. The van der Waals surface area contributed by atoms with E-state index in [1.165, 1.54) is 0 Å². The molecule has 0 saturated carbocycles. The van der Waals surface area contributed by atoms with E-state index in [-0.39, 0.29) is 0 Å². The summed E-state index contributed by atoms with van der Waals surface area (Å²) < 4.78 is 1.97. The van der Waals surface area contributed by atoms with E-state index >= 15 is 0 Å². The lowest BCUT2D eigenvalue weighted by Crippen LogP contribution is -2.06. The number of aromatic nitrogens is 2. The molecule has 0 spiro atoms. The average Bonchev–Trinajstić information content (AvgIpc) is 2.72. The number of nitrogens with two attached hydrogens (primary N) is 1. The van der Waals surface area contributed by atoms with Crippen LogP contribution in [0.25, 0.3) is 0 Å². The number of hydrogen-bond acceptors (Lipinski definition) is 3. The second kappa shape index (κ2) is 6.85. The number of rotatable bonds is 7. The first-order chi connectivity index (χ1) is 8.17. The SMILES string of the molecule is CCCn1cnc(C/C(=C\CCN)C(=O)O)c1. The van der Waals surface area contributed by atoms with Gasteiger partial charge in [-0.15, -0.1) is 0 Å². The Bertz CT molecular complexity index is 396. The second-order valence-electron chi connectivity index (χ2n) is 3.89. The molecule has 0 fully saturated rings. The number of imidazole rings is 1. The summed E-state index contributed by atoms with van der Waals surface area (Å²) in [5.74, 6) is -0.900. The van der Waals surface area contributed by atoms with Gasteiger partial charge in [-0.25, -0.2) is 9.78 Å². The topological polar surface area (TPSA) is 81.1 Å². The van der Waals surface area contributed by atoms with Crippen molar-refractivity contribution in [2.75, 3.05) is 6.54 Å². The van der Waals surface area contributed by atoms with Crippen LogP contribution in [0, 0.1) is 0 Å². The number of aliphatic carboxylic acids is 1.